The Hall–Kier alpha value is -2.38. The normalized spacial score (nSPS) is 20.0. The molecule has 29 heavy (non-hydrogen) atoms. The first-order valence-corrected chi connectivity index (χ1v) is 9.99. The molecule has 1 aromatic carbocycles. The van der Waals surface area contributed by atoms with Crippen LogP contribution in [0.2, 0.25) is 0 Å². The Bertz CT molecular complexity index is 784. The summed E-state index contributed by atoms with van der Waals surface area (Å²) in [4.78, 5) is 27.8. The number of halogens is 2. The van der Waals surface area contributed by atoms with Crippen molar-refractivity contribution in [1.82, 2.24) is 9.80 Å². The zero-order valence-electron chi connectivity index (χ0n) is 17.2. The van der Waals surface area contributed by atoms with Crippen LogP contribution >= 0.6 is 0 Å². The second-order valence-corrected chi connectivity index (χ2v) is 8.96. The number of alkyl halides is 2. The lowest BCUT2D eigenvalue weighted by Gasteiger charge is -2.33. The zero-order chi connectivity index (χ0) is 21.4. The fourth-order valence-electron chi connectivity index (χ4n) is 3.85. The van der Waals surface area contributed by atoms with E-state index in [1.807, 2.05) is 26.8 Å². The number of piperidine rings is 1. The number of rotatable bonds is 2. The second-order valence-electron chi connectivity index (χ2n) is 8.96. The van der Waals surface area contributed by atoms with Crippen molar-refractivity contribution in [2.45, 2.75) is 57.5 Å². The average molecular weight is 409 g/mol. The fraction of sp³-hybridized carbons (Fsp3) is 0.619. The van der Waals surface area contributed by atoms with Gasteiger partial charge >= 0.3 is 6.09 Å². The molecule has 0 bridgehead atoms. The van der Waals surface area contributed by atoms with E-state index in [1.165, 1.54) is 11.0 Å². The number of amides is 2. The van der Waals surface area contributed by atoms with Gasteiger partial charge in [-0.15, -0.1) is 0 Å². The van der Waals surface area contributed by atoms with E-state index in [2.05, 4.69) is 0 Å². The van der Waals surface area contributed by atoms with Crippen molar-refractivity contribution in [2.24, 2.45) is 0 Å². The Morgan fingerprint density at radius 1 is 1.10 bits per heavy atom. The third-order valence-corrected chi connectivity index (χ3v) is 5.30. The molecular formula is C21H29F2N3O3. The summed E-state index contributed by atoms with van der Waals surface area (Å²) in [5.41, 5.74) is 7.14. The third-order valence-electron chi connectivity index (χ3n) is 5.30. The van der Waals surface area contributed by atoms with Gasteiger partial charge in [0.05, 0.1) is 6.54 Å². The fourth-order valence-corrected chi connectivity index (χ4v) is 3.85. The van der Waals surface area contributed by atoms with Gasteiger partial charge in [0.2, 0.25) is 0 Å². The Balaban J connectivity index is 1.66. The predicted octanol–water partition coefficient (Wildman–Crippen LogP) is 3.86. The Labute approximate surface area is 170 Å². The van der Waals surface area contributed by atoms with Crippen molar-refractivity contribution < 1.29 is 23.1 Å². The van der Waals surface area contributed by atoms with Crippen molar-refractivity contribution in [3.63, 3.8) is 0 Å². The minimum absolute atomic E-state index is 0.0459. The summed E-state index contributed by atoms with van der Waals surface area (Å²) in [5.74, 6) is -3.10. The highest BCUT2D eigenvalue weighted by molar-refractivity contribution is 5.95. The van der Waals surface area contributed by atoms with Crippen molar-refractivity contribution in [1.29, 1.82) is 0 Å². The molecule has 8 heteroatoms. The standard InChI is InChI=1S/C21H29F2N3O3/c1-20(2,3)29-19(28)25-7-4-14(5-8-25)15-10-16(12-17(24)11-15)18(27)26-9-6-21(22,23)13-26/h10-12,14H,4-9,13,24H2,1-3H3. The van der Waals surface area contributed by atoms with Gasteiger partial charge in [-0.05, 0) is 63.3 Å². The maximum Gasteiger partial charge on any atom is 0.410 e. The predicted molar refractivity (Wildman–Crippen MR) is 106 cm³/mol. The van der Waals surface area contributed by atoms with E-state index < -0.39 is 24.0 Å². The molecule has 0 aliphatic carbocycles. The second kappa shape index (κ2) is 7.80. The van der Waals surface area contributed by atoms with E-state index in [4.69, 9.17) is 10.5 Å². The van der Waals surface area contributed by atoms with Gasteiger partial charge in [0.15, 0.2) is 0 Å². The van der Waals surface area contributed by atoms with Gasteiger partial charge < -0.3 is 20.3 Å². The molecular weight excluding hydrogens is 380 g/mol. The highest BCUT2D eigenvalue weighted by atomic mass is 19.3. The molecule has 2 aliphatic rings. The van der Waals surface area contributed by atoms with Crippen molar-refractivity contribution in [2.75, 3.05) is 31.9 Å². The van der Waals surface area contributed by atoms with E-state index in [9.17, 15) is 18.4 Å². The van der Waals surface area contributed by atoms with Crippen molar-refractivity contribution in [3.8, 4) is 0 Å². The minimum atomic E-state index is -2.83. The van der Waals surface area contributed by atoms with Gasteiger partial charge in [-0.2, -0.15) is 0 Å². The van der Waals surface area contributed by atoms with Crippen LogP contribution < -0.4 is 5.73 Å². The Morgan fingerprint density at radius 2 is 1.76 bits per heavy atom. The maximum absolute atomic E-state index is 13.5. The number of likely N-dealkylation sites (tertiary alicyclic amines) is 2. The molecule has 0 saturated carbocycles. The molecule has 0 atom stereocenters. The van der Waals surface area contributed by atoms with E-state index >= 15 is 0 Å². The number of nitrogen functional groups attached to an aromatic ring is 1. The highest BCUT2D eigenvalue weighted by Crippen LogP contribution is 2.32. The summed E-state index contributed by atoms with van der Waals surface area (Å²) in [6.07, 6.45) is 0.808. The SMILES string of the molecule is CC(C)(C)OC(=O)N1CCC(c2cc(N)cc(C(=O)N3CCC(F)(F)C3)c2)CC1. The monoisotopic (exact) mass is 409 g/mol. The molecule has 2 fully saturated rings. The number of carbonyl (C=O) groups is 2. The van der Waals surface area contributed by atoms with E-state index in [0.29, 0.717) is 24.3 Å². The number of hydrogen-bond donors (Lipinski definition) is 1. The van der Waals surface area contributed by atoms with Crippen molar-refractivity contribution in [3.05, 3.63) is 29.3 Å². The Morgan fingerprint density at radius 3 is 2.31 bits per heavy atom. The van der Waals surface area contributed by atoms with E-state index in [0.717, 1.165) is 18.4 Å². The van der Waals surface area contributed by atoms with Crippen LogP contribution in [0.25, 0.3) is 0 Å². The van der Waals surface area contributed by atoms with E-state index in [-0.39, 0.29) is 25.0 Å². The first-order valence-electron chi connectivity index (χ1n) is 9.99. The van der Waals surface area contributed by atoms with Crippen LogP contribution in [0.1, 0.15) is 61.9 Å². The number of anilines is 1. The van der Waals surface area contributed by atoms with Gasteiger partial charge in [-0.1, -0.05) is 0 Å². The summed E-state index contributed by atoms with van der Waals surface area (Å²) in [6, 6.07) is 5.12. The van der Waals surface area contributed by atoms with E-state index in [1.54, 1.807) is 11.0 Å². The summed E-state index contributed by atoms with van der Waals surface area (Å²) < 4.78 is 32.3. The largest absolute Gasteiger partial charge is 0.444 e. The molecule has 0 aromatic heterocycles. The molecule has 2 saturated heterocycles. The number of nitrogens with two attached hydrogens (primary N) is 1. The number of ether oxygens (including phenoxy) is 1. The van der Waals surface area contributed by atoms with Crippen LogP contribution in [-0.2, 0) is 4.74 Å². The first kappa shape index (κ1) is 21.3. The minimum Gasteiger partial charge on any atom is -0.444 e. The lowest BCUT2D eigenvalue weighted by molar-refractivity contribution is 0.0119. The molecule has 0 radical (unpaired) electrons. The summed E-state index contributed by atoms with van der Waals surface area (Å²) in [7, 11) is 0. The molecule has 2 amide bonds. The molecule has 6 nitrogen and oxygen atoms in total. The quantitative estimate of drug-likeness (QED) is 0.753. The van der Waals surface area contributed by atoms with Crippen LogP contribution in [0.3, 0.4) is 0 Å². The van der Waals surface area contributed by atoms with Gasteiger partial charge in [0.1, 0.15) is 5.60 Å². The first-order chi connectivity index (χ1) is 13.4. The average Bonchev–Trinajstić information content (AvgIpc) is 2.99. The van der Waals surface area contributed by atoms with Gasteiger partial charge in [0.25, 0.3) is 11.8 Å². The maximum atomic E-state index is 13.5. The highest BCUT2D eigenvalue weighted by Gasteiger charge is 2.40. The number of benzene rings is 1. The zero-order valence-corrected chi connectivity index (χ0v) is 17.2. The summed E-state index contributed by atoms with van der Waals surface area (Å²) in [6.45, 7) is 6.10. The lowest BCUT2D eigenvalue weighted by atomic mass is 9.88. The molecule has 2 heterocycles. The summed E-state index contributed by atoms with van der Waals surface area (Å²) in [5, 5.41) is 0. The molecule has 3 rings (SSSR count). The third kappa shape index (κ3) is 5.36. The molecule has 2 N–H and O–H groups in total. The number of carbonyl (C=O) groups excluding carboxylic acids is 2. The van der Waals surface area contributed by atoms with Crippen LogP contribution in [0.4, 0.5) is 19.3 Å². The number of nitrogens with zero attached hydrogens (tertiary/aromatic N) is 2. The van der Waals surface area contributed by atoms with Crippen LogP contribution in [0, 0.1) is 0 Å². The van der Waals surface area contributed by atoms with Crippen molar-refractivity contribution >= 4 is 17.7 Å². The smallest absolute Gasteiger partial charge is 0.410 e. The van der Waals surface area contributed by atoms with Gasteiger partial charge in [0, 0.05) is 37.3 Å². The molecule has 0 unspecified atom stereocenters. The molecule has 160 valence electrons. The Kier molecular flexibility index (Phi) is 5.74. The van der Waals surface area contributed by atoms with Crippen LogP contribution in [0.5, 0.6) is 0 Å². The number of hydrogen-bond acceptors (Lipinski definition) is 4. The van der Waals surface area contributed by atoms with Gasteiger partial charge in [-0.3, -0.25) is 4.79 Å². The summed E-state index contributed by atoms with van der Waals surface area (Å²) >= 11 is 0. The molecule has 2 aliphatic heterocycles. The van der Waals surface area contributed by atoms with Crippen LogP contribution in [0.15, 0.2) is 18.2 Å². The molecule has 0 spiro atoms. The van der Waals surface area contributed by atoms with Gasteiger partial charge in [-0.25, -0.2) is 13.6 Å². The lowest BCUT2D eigenvalue weighted by Crippen LogP contribution is -2.41. The topological polar surface area (TPSA) is 75.9 Å². The molecule has 1 aromatic rings. The van der Waals surface area contributed by atoms with Crippen LogP contribution in [-0.4, -0.2) is 59.5 Å².